The van der Waals surface area contributed by atoms with Crippen molar-refractivity contribution in [3.63, 3.8) is 0 Å². The highest BCUT2D eigenvalue weighted by atomic mass is 16.5. The number of hydrogen-bond acceptors (Lipinski definition) is 6. The zero-order chi connectivity index (χ0) is 19.1. The number of hydrogen-bond donors (Lipinski definition) is 2. The molecule has 0 unspecified atom stereocenters. The molecule has 26 heavy (non-hydrogen) atoms. The number of carbonyl (C=O) groups excluding carboxylic acids is 1. The van der Waals surface area contributed by atoms with E-state index in [0.717, 1.165) is 10.2 Å². The van der Waals surface area contributed by atoms with Gasteiger partial charge in [0.1, 0.15) is 5.82 Å². The number of ether oxygens (including phenoxy) is 2. The minimum Gasteiger partial charge on any atom is -0.493 e. The summed E-state index contributed by atoms with van der Waals surface area (Å²) in [5.74, 6) is 0.917. The van der Waals surface area contributed by atoms with E-state index in [4.69, 9.17) is 15.2 Å². The Kier molecular flexibility index (Phi) is 6.37. The number of carbonyl (C=O) groups is 1. The molecule has 1 amide bonds. The summed E-state index contributed by atoms with van der Waals surface area (Å²) in [7, 11) is 1.50. The van der Waals surface area contributed by atoms with Crippen molar-refractivity contribution in [2.75, 3.05) is 26.0 Å². The summed E-state index contributed by atoms with van der Waals surface area (Å²) < 4.78 is 11.8. The highest BCUT2D eigenvalue weighted by Gasteiger charge is 2.08. The smallest absolute Gasteiger partial charge is 0.273 e. The number of likely N-dealkylation sites (N-methyl/N-ethyl adjacent to an activating group) is 1. The van der Waals surface area contributed by atoms with Crippen molar-refractivity contribution in [1.29, 1.82) is 0 Å². The lowest BCUT2D eigenvalue weighted by Crippen LogP contribution is -2.28. The molecule has 0 saturated carbocycles. The molecular formula is C18H22N4O4. The lowest BCUT2D eigenvalue weighted by molar-refractivity contribution is -0.123. The van der Waals surface area contributed by atoms with Gasteiger partial charge >= 0.3 is 0 Å². The monoisotopic (exact) mass is 358 g/mol. The molecule has 1 aromatic carbocycles. The van der Waals surface area contributed by atoms with Crippen molar-refractivity contribution in [3.05, 3.63) is 51.8 Å². The second-order valence-corrected chi connectivity index (χ2v) is 5.50. The molecule has 0 bridgehead atoms. The molecule has 0 fully saturated rings. The van der Waals surface area contributed by atoms with E-state index in [2.05, 4.69) is 10.4 Å². The van der Waals surface area contributed by atoms with E-state index < -0.39 is 0 Å². The van der Waals surface area contributed by atoms with E-state index in [9.17, 15) is 9.59 Å². The van der Waals surface area contributed by atoms with Crippen LogP contribution in [0.2, 0.25) is 0 Å². The number of aryl methyl sites for hydroxylation is 1. The van der Waals surface area contributed by atoms with Gasteiger partial charge in [-0.05, 0) is 49.2 Å². The number of benzene rings is 1. The van der Waals surface area contributed by atoms with E-state index >= 15 is 0 Å². The van der Waals surface area contributed by atoms with Crippen LogP contribution < -0.4 is 26.1 Å². The van der Waals surface area contributed by atoms with Gasteiger partial charge in [0.05, 0.1) is 13.3 Å². The number of nitrogens with two attached hydrogens (primary N) is 1. The summed E-state index contributed by atoms with van der Waals surface area (Å²) in [6.45, 7) is 4.05. The topological polar surface area (TPSA) is 108 Å². The Hall–Kier alpha value is -3.29. The lowest BCUT2D eigenvalue weighted by atomic mass is 10.2. The van der Waals surface area contributed by atoms with Crippen LogP contribution in [0.3, 0.4) is 0 Å². The van der Waals surface area contributed by atoms with Gasteiger partial charge in [0.15, 0.2) is 18.1 Å². The number of nitrogens with one attached hydrogen (secondary N) is 1. The average molecular weight is 358 g/mol. The standard InChI is InChI=1S/C18H22N4O4/c1-4-20-17(23)11-26-14-6-5-13(9-15(14)25-3)10-21-22-16(19)7-12(2)8-18(22)24/h5-10H,4,11,19H2,1-3H3,(H,20,23)/b21-10-. The van der Waals surface area contributed by atoms with Gasteiger partial charge in [0.2, 0.25) is 0 Å². The average Bonchev–Trinajstić information content (AvgIpc) is 2.59. The molecular weight excluding hydrogens is 336 g/mol. The first kappa shape index (κ1) is 19.0. The summed E-state index contributed by atoms with van der Waals surface area (Å²) in [6.07, 6.45) is 1.49. The van der Waals surface area contributed by atoms with E-state index in [1.54, 1.807) is 31.2 Å². The number of anilines is 1. The highest BCUT2D eigenvalue weighted by molar-refractivity contribution is 5.81. The van der Waals surface area contributed by atoms with Crippen LogP contribution in [-0.2, 0) is 4.79 Å². The van der Waals surface area contributed by atoms with Gasteiger partial charge in [0, 0.05) is 12.6 Å². The van der Waals surface area contributed by atoms with Gasteiger partial charge in [-0.25, -0.2) is 0 Å². The number of aromatic nitrogens is 1. The third kappa shape index (κ3) is 4.85. The maximum atomic E-state index is 11.9. The van der Waals surface area contributed by atoms with Crippen LogP contribution in [0.4, 0.5) is 5.82 Å². The molecule has 0 aliphatic heterocycles. The number of amides is 1. The molecule has 138 valence electrons. The quantitative estimate of drug-likeness (QED) is 0.722. The van der Waals surface area contributed by atoms with Gasteiger partial charge < -0.3 is 20.5 Å². The number of methoxy groups -OCH3 is 1. The van der Waals surface area contributed by atoms with E-state index in [0.29, 0.717) is 23.6 Å². The number of nitrogens with zero attached hydrogens (tertiary/aromatic N) is 2. The van der Waals surface area contributed by atoms with Crippen molar-refractivity contribution >= 4 is 17.9 Å². The molecule has 0 radical (unpaired) electrons. The van der Waals surface area contributed by atoms with Gasteiger partial charge in [-0.2, -0.15) is 9.78 Å². The molecule has 8 heteroatoms. The molecule has 1 heterocycles. The van der Waals surface area contributed by atoms with Crippen LogP contribution in [0, 0.1) is 6.92 Å². The third-order valence-electron chi connectivity index (χ3n) is 3.42. The van der Waals surface area contributed by atoms with Crippen LogP contribution in [0.5, 0.6) is 11.5 Å². The first-order valence-corrected chi connectivity index (χ1v) is 8.05. The largest absolute Gasteiger partial charge is 0.493 e. The molecule has 2 aromatic rings. The predicted octanol–water partition coefficient (Wildman–Crippen LogP) is 1.14. The van der Waals surface area contributed by atoms with E-state index in [1.807, 2.05) is 6.92 Å². The van der Waals surface area contributed by atoms with Crippen LogP contribution in [-0.4, -0.2) is 37.1 Å². The Morgan fingerprint density at radius 3 is 2.73 bits per heavy atom. The molecule has 3 N–H and O–H groups in total. The molecule has 0 spiro atoms. The van der Waals surface area contributed by atoms with Gasteiger partial charge in [-0.15, -0.1) is 0 Å². The Balaban J connectivity index is 2.19. The fourth-order valence-electron chi connectivity index (χ4n) is 2.24. The van der Waals surface area contributed by atoms with Crippen molar-refractivity contribution in [1.82, 2.24) is 9.99 Å². The summed E-state index contributed by atoms with van der Waals surface area (Å²) in [5.41, 5.74) is 6.97. The summed E-state index contributed by atoms with van der Waals surface area (Å²) in [6, 6.07) is 8.20. The zero-order valence-corrected chi connectivity index (χ0v) is 15.0. The minimum absolute atomic E-state index is 0.104. The Bertz CT molecular complexity index is 874. The SMILES string of the molecule is CCNC(=O)COc1ccc(/C=N\n2c(N)cc(C)cc2=O)cc1OC. The first-order valence-electron chi connectivity index (χ1n) is 8.05. The lowest BCUT2D eigenvalue weighted by Gasteiger charge is -2.11. The first-order chi connectivity index (χ1) is 12.4. The third-order valence-corrected chi connectivity index (χ3v) is 3.42. The van der Waals surface area contributed by atoms with E-state index in [1.165, 1.54) is 19.4 Å². The van der Waals surface area contributed by atoms with Gasteiger partial charge in [0.25, 0.3) is 11.5 Å². The second kappa shape index (κ2) is 8.70. The number of rotatable bonds is 7. The number of pyridine rings is 1. The van der Waals surface area contributed by atoms with Crippen molar-refractivity contribution in [3.8, 4) is 11.5 Å². The van der Waals surface area contributed by atoms with Crippen molar-refractivity contribution in [2.45, 2.75) is 13.8 Å². The van der Waals surface area contributed by atoms with Gasteiger partial charge in [-0.3, -0.25) is 9.59 Å². The Morgan fingerprint density at radius 1 is 1.31 bits per heavy atom. The van der Waals surface area contributed by atoms with E-state index in [-0.39, 0.29) is 23.9 Å². The molecule has 0 saturated heterocycles. The summed E-state index contributed by atoms with van der Waals surface area (Å²) in [5, 5.41) is 6.76. The maximum absolute atomic E-state index is 11.9. The van der Waals surface area contributed by atoms with Gasteiger partial charge in [-0.1, -0.05) is 0 Å². The van der Waals surface area contributed by atoms with Crippen LogP contribution in [0.1, 0.15) is 18.1 Å². The Morgan fingerprint density at radius 2 is 2.08 bits per heavy atom. The normalized spacial score (nSPS) is 10.7. The fraction of sp³-hybridized carbons (Fsp3) is 0.278. The fourth-order valence-corrected chi connectivity index (χ4v) is 2.24. The summed E-state index contributed by atoms with van der Waals surface area (Å²) >= 11 is 0. The van der Waals surface area contributed by atoms with Crippen LogP contribution >= 0.6 is 0 Å². The Labute approximate surface area is 151 Å². The molecule has 0 atom stereocenters. The molecule has 0 aliphatic carbocycles. The predicted molar refractivity (Wildman–Crippen MR) is 100 cm³/mol. The van der Waals surface area contributed by atoms with Crippen LogP contribution in [0.25, 0.3) is 0 Å². The minimum atomic E-state index is -0.312. The molecule has 2 rings (SSSR count). The number of nitrogen functional groups attached to an aromatic ring is 1. The highest BCUT2D eigenvalue weighted by Crippen LogP contribution is 2.27. The second-order valence-electron chi connectivity index (χ2n) is 5.50. The zero-order valence-electron chi connectivity index (χ0n) is 15.0. The van der Waals surface area contributed by atoms with Crippen LogP contribution in [0.15, 0.2) is 40.2 Å². The van der Waals surface area contributed by atoms with Crippen molar-refractivity contribution < 1.29 is 14.3 Å². The maximum Gasteiger partial charge on any atom is 0.273 e. The summed E-state index contributed by atoms with van der Waals surface area (Å²) in [4.78, 5) is 23.4. The van der Waals surface area contributed by atoms with Crippen molar-refractivity contribution in [2.24, 2.45) is 5.10 Å². The molecule has 0 aliphatic rings. The molecule has 1 aromatic heterocycles. The molecule has 8 nitrogen and oxygen atoms in total.